The van der Waals surface area contributed by atoms with Crippen LogP contribution in [0.15, 0.2) is 34.7 Å². The predicted octanol–water partition coefficient (Wildman–Crippen LogP) is 3.42. The third kappa shape index (κ3) is 3.17. The van der Waals surface area contributed by atoms with Gasteiger partial charge in [0.15, 0.2) is 11.5 Å². The van der Waals surface area contributed by atoms with Crippen LogP contribution in [0.3, 0.4) is 0 Å². The van der Waals surface area contributed by atoms with Crippen LogP contribution in [0.2, 0.25) is 0 Å². The van der Waals surface area contributed by atoms with Crippen molar-refractivity contribution in [3.8, 4) is 17.4 Å². The summed E-state index contributed by atoms with van der Waals surface area (Å²) < 4.78 is 5.73. The lowest BCUT2D eigenvalue weighted by molar-refractivity contribution is -0.133. The zero-order chi connectivity index (χ0) is 18.1. The van der Waals surface area contributed by atoms with E-state index in [2.05, 4.69) is 16.4 Å². The summed E-state index contributed by atoms with van der Waals surface area (Å²) in [5.74, 6) is 0.474. The molecular formula is C20H22N4O2. The number of piperidine rings is 1. The van der Waals surface area contributed by atoms with Gasteiger partial charge in [-0.05, 0) is 38.0 Å². The van der Waals surface area contributed by atoms with Crippen LogP contribution in [0.25, 0.3) is 11.3 Å². The first-order chi connectivity index (χ1) is 12.6. The Balaban J connectivity index is 1.44. The Hall–Kier alpha value is -2.81. The van der Waals surface area contributed by atoms with Gasteiger partial charge >= 0.3 is 0 Å². The second-order valence-corrected chi connectivity index (χ2v) is 7.37. The molecule has 1 aliphatic heterocycles. The molecular weight excluding hydrogens is 328 g/mol. The Morgan fingerprint density at radius 3 is 2.58 bits per heavy atom. The van der Waals surface area contributed by atoms with Crippen LogP contribution >= 0.6 is 0 Å². The number of nitrogens with zero attached hydrogens (tertiary/aromatic N) is 3. The van der Waals surface area contributed by atoms with Crippen molar-refractivity contribution < 1.29 is 9.21 Å². The maximum Gasteiger partial charge on any atom is 0.297 e. The average Bonchev–Trinajstić information content (AvgIpc) is 3.30. The van der Waals surface area contributed by atoms with Gasteiger partial charge in [0.2, 0.25) is 5.91 Å². The van der Waals surface area contributed by atoms with Crippen molar-refractivity contribution in [1.82, 2.24) is 9.88 Å². The largest absolute Gasteiger partial charge is 0.422 e. The highest BCUT2D eigenvalue weighted by Crippen LogP contribution is 2.53. The first-order valence-corrected chi connectivity index (χ1v) is 9.12. The second kappa shape index (κ2) is 6.49. The second-order valence-electron chi connectivity index (χ2n) is 7.37. The zero-order valence-corrected chi connectivity index (χ0v) is 14.9. The number of hydrogen-bond donors (Lipinski definition) is 1. The fourth-order valence-electron chi connectivity index (χ4n) is 3.64. The summed E-state index contributed by atoms with van der Waals surface area (Å²) in [6.45, 7) is 3.46. The van der Waals surface area contributed by atoms with Gasteiger partial charge in [-0.25, -0.2) is 0 Å². The number of carbonyl (C=O) groups excluding carboxylic acids is 1. The number of carbonyl (C=O) groups is 1. The first kappa shape index (κ1) is 16.6. The molecule has 0 bridgehead atoms. The molecule has 1 amide bonds. The molecule has 0 radical (unpaired) electrons. The SMILES string of the molecule is C[C@H](Nc1nc(C#N)c(-c2ccccc2)o1)C(=O)N1CCC2(CC1)CC2. The monoisotopic (exact) mass is 350 g/mol. The van der Waals surface area contributed by atoms with E-state index >= 15 is 0 Å². The highest BCUT2D eigenvalue weighted by atomic mass is 16.4. The van der Waals surface area contributed by atoms with Crippen molar-refractivity contribution in [1.29, 1.82) is 5.26 Å². The lowest BCUT2D eigenvalue weighted by Gasteiger charge is -2.33. The minimum Gasteiger partial charge on any atom is -0.422 e. The molecule has 6 nitrogen and oxygen atoms in total. The average molecular weight is 350 g/mol. The van der Waals surface area contributed by atoms with Crippen LogP contribution in [0.5, 0.6) is 0 Å². The number of oxazole rings is 1. The molecule has 2 aliphatic rings. The minimum atomic E-state index is -0.447. The number of amides is 1. The van der Waals surface area contributed by atoms with Gasteiger partial charge in [0, 0.05) is 18.7 Å². The summed E-state index contributed by atoms with van der Waals surface area (Å²) in [5.41, 5.74) is 1.55. The molecule has 1 spiro atoms. The molecule has 1 aromatic carbocycles. The summed E-state index contributed by atoms with van der Waals surface area (Å²) in [5, 5.41) is 12.3. The molecule has 6 heteroatoms. The number of nitrogens with one attached hydrogen (secondary N) is 1. The number of benzene rings is 1. The normalized spacial score (nSPS) is 19.0. The highest BCUT2D eigenvalue weighted by molar-refractivity contribution is 5.84. The zero-order valence-electron chi connectivity index (χ0n) is 14.9. The summed E-state index contributed by atoms with van der Waals surface area (Å²) in [6.07, 6.45) is 4.86. The number of likely N-dealkylation sites (tertiary alicyclic amines) is 1. The standard InChI is InChI=1S/C20H22N4O2/c1-14(18(25)24-11-9-20(7-8-20)10-12-24)22-19-23-16(13-21)17(26-19)15-5-3-2-4-6-15/h2-6,14H,7-12H2,1H3,(H,22,23)/t14-/m0/s1. The van der Waals surface area contributed by atoms with E-state index in [0.29, 0.717) is 11.2 Å². The van der Waals surface area contributed by atoms with Crippen molar-refractivity contribution in [2.24, 2.45) is 5.41 Å². The molecule has 134 valence electrons. The van der Waals surface area contributed by atoms with Gasteiger partial charge in [0.05, 0.1) is 0 Å². The lowest BCUT2D eigenvalue weighted by Crippen LogP contribution is -2.45. The molecule has 1 saturated heterocycles. The van der Waals surface area contributed by atoms with E-state index in [1.807, 2.05) is 42.2 Å². The molecule has 1 N–H and O–H groups in total. The number of rotatable bonds is 4. The van der Waals surface area contributed by atoms with E-state index < -0.39 is 6.04 Å². The predicted molar refractivity (Wildman–Crippen MR) is 97.2 cm³/mol. The summed E-state index contributed by atoms with van der Waals surface area (Å²) in [7, 11) is 0. The molecule has 1 aliphatic carbocycles. The Bertz CT molecular complexity index is 838. The Morgan fingerprint density at radius 1 is 1.27 bits per heavy atom. The summed E-state index contributed by atoms with van der Waals surface area (Å²) in [4.78, 5) is 18.8. The van der Waals surface area contributed by atoms with Gasteiger partial charge in [-0.1, -0.05) is 30.3 Å². The molecule has 2 heterocycles. The van der Waals surface area contributed by atoms with Crippen molar-refractivity contribution in [3.05, 3.63) is 36.0 Å². The number of anilines is 1. The van der Waals surface area contributed by atoms with E-state index in [4.69, 9.17) is 4.42 Å². The Labute approximate surface area is 152 Å². The van der Waals surface area contributed by atoms with Crippen molar-refractivity contribution in [3.63, 3.8) is 0 Å². The van der Waals surface area contributed by atoms with Gasteiger partial charge in [0.1, 0.15) is 12.1 Å². The van der Waals surface area contributed by atoms with Crippen LogP contribution in [-0.2, 0) is 4.79 Å². The maximum absolute atomic E-state index is 12.7. The van der Waals surface area contributed by atoms with Crippen LogP contribution in [0.1, 0.15) is 38.3 Å². The quantitative estimate of drug-likeness (QED) is 0.914. The molecule has 4 rings (SSSR count). The fourth-order valence-corrected chi connectivity index (χ4v) is 3.64. The smallest absolute Gasteiger partial charge is 0.297 e. The van der Waals surface area contributed by atoms with E-state index in [1.165, 1.54) is 12.8 Å². The summed E-state index contributed by atoms with van der Waals surface area (Å²) in [6, 6.07) is 11.2. The van der Waals surface area contributed by atoms with Crippen molar-refractivity contribution in [2.45, 2.75) is 38.6 Å². The molecule has 26 heavy (non-hydrogen) atoms. The summed E-state index contributed by atoms with van der Waals surface area (Å²) >= 11 is 0. The topological polar surface area (TPSA) is 82.2 Å². The number of hydrogen-bond acceptors (Lipinski definition) is 5. The molecule has 2 fully saturated rings. The van der Waals surface area contributed by atoms with Crippen LogP contribution in [0, 0.1) is 16.7 Å². The number of nitriles is 1. The highest BCUT2D eigenvalue weighted by Gasteiger charge is 2.45. The molecule has 0 unspecified atom stereocenters. The fraction of sp³-hybridized carbons (Fsp3) is 0.450. The van der Waals surface area contributed by atoms with E-state index in [9.17, 15) is 10.1 Å². The third-order valence-electron chi connectivity index (χ3n) is 5.57. The molecule has 2 aromatic rings. The van der Waals surface area contributed by atoms with Gasteiger partial charge in [0.25, 0.3) is 6.01 Å². The third-order valence-corrected chi connectivity index (χ3v) is 5.57. The van der Waals surface area contributed by atoms with Crippen molar-refractivity contribution >= 4 is 11.9 Å². The van der Waals surface area contributed by atoms with Crippen LogP contribution in [-0.4, -0.2) is 34.9 Å². The van der Waals surface area contributed by atoms with Crippen LogP contribution < -0.4 is 5.32 Å². The maximum atomic E-state index is 12.7. The number of aromatic nitrogens is 1. The first-order valence-electron chi connectivity index (χ1n) is 9.12. The Morgan fingerprint density at radius 2 is 1.96 bits per heavy atom. The minimum absolute atomic E-state index is 0.0541. The van der Waals surface area contributed by atoms with Crippen molar-refractivity contribution in [2.75, 3.05) is 18.4 Å². The van der Waals surface area contributed by atoms with Gasteiger partial charge in [-0.15, -0.1) is 0 Å². The molecule has 1 atom stereocenters. The molecule has 1 saturated carbocycles. The van der Waals surface area contributed by atoms with E-state index in [1.54, 1.807) is 0 Å². The van der Waals surface area contributed by atoms with Gasteiger partial charge in [-0.3, -0.25) is 4.79 Å². The van der Waals surface area contributed by atoms with E-state index in [-0.39, 0.29) is 17.6 Å². The van der Waals surface area contributed by atoms with Gasteiger partial charge in [-0.2, -0.15) is 10.2 Å². The lowest BCUT2D eigenvalue weighted by atomic mass is 9.93. The Kier molecular flexibility index (Phi) is 4.15. The van der Waals surface area contributed by atoms with E-state index in [0.717, 1.165) is 31.5 Å². The molecule has 1 aromatic heterocycles. The van der Waals surface area contributed by atoms with Gasteiger partial charge < -0.3 is 14.6 Å². The van der Waals surface area contributed by atoms with Crippen LogP contribution in [0.4, 0.5) is 6.01 Å².